The molecule has 0 radical (unpaired) electrons. The van der Waals surface area contributed by atoms with Crippen LogP contribution in [0.5, 0.6) is 0 Å². The van der Waals surface area contributed by atoms with Crippen LogP contribution in [0.4, 0.5) is 0 Å². The van der Waals surface area contributed by atoms with E-state index < -0.39 is 0 Å². The van der Waals surface area contributed by atoms with Crippen molar-refractivity contribution < 1.29 is 0 Å². The second kappa shape index (κ2) is 21.2. The third-order valence-electron chi connectivity index (χ3n) is 17.5. The Hall–Kier alpha value is -8.84. The van der Waals surface area contributed by atoms with Crippen molar-refractivity contribution in [3.8, 4) is 66.8 Å². The molecule has 0 saturated carbocycles. The molecule has 10 aromatic rings. The third kappa shape index (κ3) is 9.20. The summed E-state index contributed by atoms with van der Waals surface area (Å²) in [6.07, 6.45) is 18.6. The van der Waals surface area contributed by atoms with Gasteiger partial charge in [-0.1, -0.05) is 248 Å². The van der Waals surface area contributed by atoms with Gasteiger partial charge in [-0.3, -0.25) is 0 Å². The average Bonchev–Trinajstić information content (AvgIpc) is 3.65. The molecule has 0 amide bonds. The highest BCUT2D eigenvalue weighted by molar-refractivity contribution is 5.89. The van der Waals surface area contributed by atoms with E-state index in [9.17, 15) is 0 Å². The number of rotatable bonds is 9. The van der Waals surface area contributed by atoms with Crippen molar-refractivity contribution in [2.24, 2.45) is 0 Å². The predicted octanol–water partition coefficient (Wildman–Crippen LogP) is 21.0. The molecule has 0 bridgehead atoms. The van der Waals surface area contributed by atoms with Gasteiger partial charge in [0.2, 0.25) is 0 Å². The van der Waals surface area contributed by atoms with E-state index in [0.29, 0.717) is 0 Å². The van der Waals surface area contributed by atoms with E-state index in [1.54, 1.807) is 5.57 Å². The molecule has 0 heterocycles. The van der Waals surface area contributed by atoms with Crippen LogP contribution in [0.2, 0.25) is 0 Å². The fourth-order valence-electron chi connectivity index (χ4n) is 13.3. The highest BCUT2D eigenvalue weighted by atomic mass is 14.5. The number of allylic oxidation sites excluding steroid dienone is 8. The van der Waals surface area contributed by atoms with Crippen LogP contribution < -0.4 is 0 Å². The first kappa shape index (κ1) is 49.7. The lowest BCUT2D eigenvalue weighted by Crippen LogP contribution is -2.28. The number of benzene rings is 10. The van der Waals surface area contributed by atoms with E-state index in [0.717, 1.165) is 25.7 Å². The Balaban J connectivity index is 0.000000158. The van der Waals surface area contributed by atoms with Crippen LogP contribution in [0.25, 0.3) is 72.3 Å². The molecule has 0 spiro atoms. The summed E-state index contributed by atoms with van der Waals surface area (Å²) >= 11 is 0. The zero-order valence-corrected chi connectivity index (χ0v) is 46.0. The highest BCUT2D eigenvalue weighted by Gasteiger charge is 2.45. The summed E-state index contributed by atoms with van der Waals surface area (Å²) in [6, 6.07) is 83.6. The van der Waals surface area contributed by atoms with Gasteiger partial charge in [0, 0.05) is 0 Å². The Kier molecular flexibility index (Phi) is 13.3. The molecule has 0 fully saturated rings. The maximum atomic E-state index is 2.48. The lowest BCUT2D eigenvalue weighted by atomic mass is 9.67. The van der Waals surface area contributed by atoms with Gasteiger partial charge in [-0.2, -0.15) is 0 Å². The molecule has 0 nitrogen and oxygen atoms in total. The second-order valence-electron chi connectivity index (χ2n) is 22.3. The Morgan fingerprint density at radius 2 is 0.924 bits per heavy atom. The van der Waals surface area contributed by atoms with Crippen molar-refractivity contribution >= 4 is 5.57 Å². The van der Waals surface area contributed by atoms with Gasteiger partial charge in [-0.05, 0) is 218 Å². The molecule has 10 aromatic carbocycles. The summed E-state index contributed by atoms with van der Waals surface area (Å²) in [5.41, 5.74) is 34.6. The average molecular weight is 1020 g/mol. The van der Waals surface area contributed by atoms with Crippen molar-refractivity contribution in [3.05, 3.63) is 327 Å². The van der Waals surface area contributed by atoms with Crippen LogP contribution in [0.15, 0.2) is 266 Å². The smallest absolute Gasteiger partial charge is 0.0713 e. The summed E-state index contributed by atoms with van der Waals surface area (Å²) in [6.45, 7) is 8.88. The van der Waals surface area contributed by atoms with E-state index >= 15 is 0 Å². The maximum absolute atomic E-state index is 2.48. The quantitative estimate of drug-likeness (QED) is 0.135. The maximum Gasteiger partial charge on any atom is 0.0713 e. The fraction of sp³-hybridized carbons (Fsp3) is 0.139. The van der Waals surface area contributed by atoms with Crippen molar-refractivity contribution in [2.45, 2.75) is 71.6 Å². The van der Waals surface area contributed by atoms with E-state index in [-0.39, 0.29) is 5.41 Å². The minimum Gasteiger partial charge on any atom is -0.0842 e. The van der Waals surface area contributed by atoms with E-state index in [2.05, 4.69) is 283 Å². The fourth-order valence-corrected chi connectivity index (χ4v) is 13.3. The Bertz CT molecular complexity index is 4030. The second-order valence-corrected chi connectivity index (χ2v) is 22.3. The first-order valence-electron chi connectivity index (χ1n) is 28.5. The van der Waals surface area contributed by atoms with Crippen molar-refractivity contribution in [1.29, 1.82) is 0 Å². The number of fused-ring (bicyclic) bond motifs is 6. The molecule has 0 unspecified atom stereocenters. The largest absolute Gasteiger partial charge is 0.0842 e. The molecule has 0 aromatic heterocycles. The van der Waals surface area contributed by atoms with E-state index in [1.807, 2.05) is 0 Å². The Labute approximate surface area is 468 Å². The van der Waals surface area contributed by atoms with Gasteiger partial charge in [0.15, 0.2) is 0 Å². The Morgan fingerprint density at radius 3 is 1.65 bits per heavy atom. The van der Waals surface area contributed by atoms with Gasteiger partial charge in [0.1, 0.15) is 0 Å². The van der Waals surface area contributed by atoms with Crippen molar-refractivity contribution in [3.63, 3.8) is 0 Å². The first-order chi connectivity index (χ1) is 38.8. The molecule has 4 aliphatic rings. The van der Waals surface area contributed by atoms with Crippen LogP contribution in [0.3, 0.4) is 0 Å². The molecule has 0 atom stereocenters. The van der Waals surface area contributed by atoms with Gasteiger partial charge in [-0.15, -0.1) is 0 Å². The zero-order chi connectivity index (χ0) is 53.5. The highest BCUT2D eigenvalue weighted by Crippen LogP contribution is 2.56. The Morgan fingerprint density at radius 1 is 0.380 bits per heavy atom. The molecule has 79 heavy (non-hydrogen) atoms. The van der Waals surface area contributed by atoms with Crippen LogP contribution in [-0.4, -0.2) is 0 Å². The standard InChI is InChI=1S/C46H36.C33H30/c1-31-20-23-34(24-21-31)36-25-22-32(2)43(30-36)40-17-11-16-39(33(40)3)35-26-28-38(29-27-35)46(37-12-5-4-6-13-37)44-18-9-7-14-41(44)42-15-8-10-19-45(42)46;1-23-15-16-25(26-17-18-29-20-28-12-6-8-14-31(28)33(29)22-26)21-32(23)30-13-7-5-11-27(30)19-24-9-3-2-4-10-24/h4-30H,1-3H3;2-3,6,8-9,11-18,21-22H,4-5,7,10,19-20H2,1H3. The monoisotopic (exact) mass is 1010 g/mol. The van der Waals surface area contributed by atoms with Crippen LogP contribution in [-0.2, 0) is 11.8 Å². The minimum atomic E-state index is -0.378. The topological polar surface area (TPSA) is 0 Å². The molecular weight excluding hydrogens is 949 g/mol. The lowest BCUT2D eigenvalue weighted by Gasteiger charge is -2.34. The SMILES string of the molecule is Cc1ccc(-c2ccc(C)c(-c3cccc(-c4ccc(C5(c6ccccc6)c6ccccc6-c6ccccc65)cc4)c3C)c2)cc1.Cc1ccc(-c2ccc3c(c2)-c2ccccc2C3)cc1C1=CCCC=C1CC1=CC=CCC1. The molecule has 4 aliphatic carbocycles. The summed E-state index contributed by atoms with van der Waals surface area (Å²) in [5.74, 6) is 0. The number of hydrogen-bond donors (Lipinski definition) is 0. The molecule has 0 saturated heterocycles. The molecular formula is C79H66. The normalized spacial score (nSPS) is 14.4. The summed E-state index contributed by atoms with van der Waals surface area (Å²) in [5, 5.41) is 0. The summed E-state index contributed by atoms with van der Waals surface area (Å²) in [7, 11) is 0. The van der Waals surface area contributed by atoms with Crippen molar-refractivity contribution in [2.75, 3.05) is 0 Å². The molecule has 14 rings (SSSR count). The van der Waals surface area contributed by atoms with Crippen LogP contribution >= 0.6 is 0 Å². The minimum absolute atomic E-state index is 0.378. The molecule has 0 heteroatoms. The summed E-state index contributed by atoms with van der Waals surface area (Å²) in [4.78, 5) is 0. The van der Waals surface area contributed by atoms with Crippen LogP contribution in [0, 0.1) is 27.7 Å². The van der Waals surface area contributed by atoms with Gasteiger partial charge < -0.3 is 0 Å². The zero-order valence-electron chi connectivity index (χ0n) is 46.0. The van der Waals surface area contributed by atoms with Crippen molar-refractivity contribution in [1.82, 2.24) is 0 Å². The predicted molar refractivity (Wildman–Crippen MR) is 335 cm³/mol. The van der Waals surface area contributed by atoms with Gasteiger partial charge >= 0.3 is 0 Å². The molecule has 382 valence electrons. The number of hydrogen-bond acceptors (Lipinski definition) is 0. The van der Waals surface area contributed by atoms with Crippen LogP contribution in [0.1, 0.15) is 93.3 Å². The van der Waals surface area contributed by atoms with E-state index in [4.69, 9.17) is 0 Å². The molecule has 0 N–H and O–H groups in total. The molecule has 0 aliphatic heterocycles. The van der Waals surface area contributed by atoms with Gasteiger partial charge in [-0.25, -0.2) is 0 Å². The third-order valence-corrected chi connectivity index (χ3v) is 17.5. The summed E-state index contributed by atoms with van der Waals surface area (Å²) < 4.78 is 0. The van der Waals surface area contributed by atoms with Gasteiger partial charge in [0.25, 0.3) is 0 Å². The van der Waals surface area contributed by atoms with Gasteiger partial charge in [0.05, 0.1) is 5.41 Å². The van der Waals surface area contributed by atoms with E-state index in [1.165, 1.54) is 152 Å². The lowest BCUT2D eigenvalue weighted by molar-refractivity contribution is 0.768. The first-order valence-corrected chi connectivity index (χ1v) is 28.5. The number of aryl methyl sites for hydroxylation is 3.